The highest BCUT2D eigenvalue weighted by atomic mass is 19.2. The molecule has 0 bridgehead atoms. The molecule has 0 saturated carbocycles. The van der Waals surface area contributed by atoms with Crippen LogP contribution >= 0.6 is 0 Å². The lowest BCUT2D eigenvalue weighted by Gasteiger charge is -2.03. The Morgan fingerprint density at radius 2 is 1.25 bits per heavy atom. The Hall–Kier alpha value is -2.29. The van der Waals surface area contributed by atoms with E-state index in [-0.39, 0.29) is 11.1 Å². The highest BCUT2D eigenvalue weighted by molar-refractivity contribution is 5.83. The highest BCUT2D eigenvalue weighted by Gasteiger charge is 2.11. The van der Waals surface area contributed by atoms with Crippen molar-refractivity contribution in [3.63, 3.8) is 0 Å². The average Bonchev–Trinajstić information content (AvgIpc) is 2.48. The molecule has 0 aliphatic carbocycles. The summed E-state index contributed by atoms with van der Waals surface area (Å²) in [4.78, 5) is 0. The lowest BCUT2D eigenvalue weighted by atomic mass is 10.1. The molecule has 0 nitrogen and oxygen atoms in total. The van der Waals surface area contributed by atoms with Crippen molar-refractivity contribution >= 4 is 17.7 Å². The molecule has 0 radical (unpaired) electrons. The Balaban J connectivity index is 2.34. The summed E-state index contributed by atoms with van der Waals surface area (Å²) in [6.45, 7) is 1.88. The molecule has 0 spiro atoms. The molecular weight excluding hydrogens is 261 g/mol. The van der Waals surface area contributed by atoms with Crippen LogP contribution in [0.1, 0.15) is 23.6 Å². The maximum absolute atomic E-state index is 14.0. The summed E-state index contributed by atoms with van der Waals surface area (Å²) in [6.07, 6.45) is 3.72. The van der Waals surface area contributed by atoms with Crippen molar-refractivity contribution < 1.29 is 13.2 Å². The van der Waals surface area contributed by atoms with E-state index < -0.39 is 17.5 Å². The summed E-state index contributed by atoms with van der Waals surface area (Å²) < 4.78 is 40.7. The maximum Gasteiger partial charge on any atom is 0.166 e. The SMILES string of the molecule is C/C=C/c1ccc(C(F)=C(F)c2ccc(F)cc2)cc1. The van der Waals surface area contributed by atoms with E-state index in [1.165, 1.54) is 24.3 Å². The highest BCUT2D eigenvalue weighted by Crippen LogP contribution is 2.29. The van der Waals surface area contributed by atoms with Gasteiger partial charge in [-0.3, -0.25) is 0 Å². The normalized spacial score (nSPS) is 12.6. The largest absolute Gasteiger partial charge is 0.207 e. The van der Waals surface area contributed by atoms with Gasteiger partial charge in [0.1, 0.15) is 5.82 Å². The molecular formula is C17H13F3. The quantitative estimate of drug-likeness (QED) is 0.637. The van der Waals surface area contributed by atoms with Crippen molar-refractivity contribution in [3.05, 3.63) is 77.1 Å². The minimum atomic E-state index is -0.996. The van der Waals surface area contributed by atoms with E-state index in [1.54, 1.807) is 12.1 Å². The summed E-state index contributed by atoms with van der Waals surface area (Å²) in [5.41, 5.74) is 1.08. The van der Waals surface area contributed by atoms with Gasteiger partial charge < -0.3 is 0 Å². The van der Waals surface area contributed by atoms with Crippen LogP contribution < -0.4 is 0 Å². The molecule has 0 aliphatic heterocycles. The molecule has 0 amide bonds. The van der Waals surface area contributed by atoms with Crippen molar-refractivity contribution in [3.8, 4) is 0 Å². The minimum absolute atomic E-state index is 0.0152. The molecule has 0 heterocycles. The van der Waals surface area contributed by atoms with E-state index in [1.807, 2.05) is 19.1 Å². The lowest BCUT2D eigenvalue weighted by Crippen LogP contribution is -1.85. The van der Waals surface area contributed by atoms with E-state index in [0.717, 1.165) is 17.7 Å². The Morgan fingerprint density at radius 3 is 1.70 bits per heavy atom. The molecule has 0 atom stereocenters. The van der Waals surface area contributed by atoms with Gasteiger partial charge in [-0.15, -0.1) is 0 Å². The maximum atomic E-state index is 14.0. The van der Waals surface area contributed by atoms with Crippen LogP contribution in [-0.4, -0.2) is 0 Å². The van der Waals surface area contributed by atoms with Gasteiger partial charge in [0.05, 0.1) is 0 Å². The van der Waals surface area contributed by atoms with E-state index in [4.69, 9.17) is 0 Å². The molecule has 0 aliphatic rings. The number of rotatable bonds is 3. The van der Waals surface area contributed by atoms with Gasteiger partial charge in [0.25, 0.3) is 0 Å². The molecule has 2 rings (SSSR count). The molecule has 20 heavy (non-hydrogen) atoms. The molecule has 0 fully saturated rings. The van der Waals surface area contributed by atoms with Gasteiger partial charge >= 0.3 is 0 Å². The fourth-order valence-electron chi connectivity index (χ4n) is 1.78. The lowest BCUT2D eigenvalue weighted by molar-refractivity contribution is 0.627. The van der Waals surface area contributed by atoms with Crippen molar-refractivity contribution in [2.45, 2.75) is 6.92 Å². The molecule has 2 aromatic rings. The van der Waals surface area contributed by atoms with Crippen molar-refractivity contribution in [2.24, 2.45) is 0 Å². The number of benzene rings is 2. The second kappa shape index (κ2) is 6.24. The van der Waals surface area contributed by atoms with Gasteiger partial charge in [0.15, 0.2) is 11.7 Å². The number of allylic oxidation sites excluding steroid dienone is 1. The van der Waals surface area contributed by atoms with Gasteiger partial charge in [-0.05, 0) is 36.8 Å². The number of hydrogen-bond acceptors (Lipinski definition) is 0. The second-order valence-electron chi connectivity index (χ2n) is 4.26. The average molecular weight is 274 g/mol. The molecule has 102 valence electrons. The van der Waals surface area contributed by atoms with Gasteiger partial charge in [-0.2, -0.15) is 0 Å². The summed E-state index contributed by atoms with van der Waals surface area (Å²) in [5, 5.41) is 0. The van der Waals surface area contributed by atoms with Crippen LogP contribution in [-0.2, 0) is 0 Å². The second-order valence-corrected chi connectivity index (χ2v) is 4.26. The van der Waals surface area contributed by atoms with Crippen LogP contribution in [0.2, 0.25) is 0 Å². The van der Waals surface area contributed by atoms with Crippen molar-refractivity contribution in [2.75, 3.05) is 0 Å². The summed E-state index contributed by atoms with van der Waals surface area (Å²) in [5.74, 6) is -2.44. The van der Waals surface area contributed by atoms with Crippen LogP contribution in [0.3, 0.4) is 0 Å². The van der Waals surface area contributed by atoms with E-state index >= 15 is 0 Å². The first kappa shape index (κ1) is 14.1. The summed E-state index contributed by atoms with van der Waals surface area (Å²) in [7, 11) is 0. The number of halogens is 3. The van der Waals surface area contributed by atoms with Crippen LogP contribution in [0.5, 0.6) is 0 Å². The topological polar surface area (TPSA) is 0 Å². The van der Waals surface area contributed by atoms with Gasteiger partial charge in [0, 0.05) is 11.1 Å². The Bertz CT molecular complexity index is 635. The minimum Gasteiger partial charge on any atom is -0.207 e. The van der Waals surface area contributed by atoms with Crippen molar-refractivity contribution in [1.82, 2.24) is 0 Å². The molecule has 2 aromatic carbocycles. The van der Waals surface area contributed by atoms with Crippen molar-refractivity contribution in [1.29, 1.82) is 0 Å². The standard InChI is InChI=1S/C17H13F3/c1-2-3-12-4-6-13(7-5-12)16(19)17(20)14-8-10-15(18)11-9-14/h2-11H,1H3/b3-2+,17-16?. The Morgan fingerprint density at radius 1 is 0.800 bits per heavy atom. The number of hydrogen-bond donors (Lipinski definition) is 0. The third-order valence-electron chi connectivity index (χ3n) is 2.81. The molecule has 0 saturated heterocycles. The van der Waals surface area contributed by atoms with Gasteiger partial charge in [-0.1, -0.05) is 36.4 Å². The zero-order valence-electron chi connectivity index (χ0n) is 10.9. The van der Waals surface area contributed by atoms with E-state index in [0.29, 0.717) is 0 Å². The smallest absolute Gasteiger partial charge is 0.166 e. The molecule has 0 unspecified atom stereocenters. The summed E-state index contributed by atoms with van der Waals surface area (Å²) >= 11 is 0. The fourth-order valence-corrected chi connectivity index (χ4v) is 1.78. The first-order valence-electron chi connectivity index (χ1n) is 6.16. The third kappa shape index (κ3) is 3.18. The van der Waals surface area contributed by atoms with Crippen LogP contribution in [0.25, 0.3) is 17.7 Å². The van der Waals surface area contributed by atoms with Crippen LogP contribution in [0.4, 0.5) is 13.2 Å². The third-order valence-corrected chi connectivity index (χ3v) is 2.81. The first-order valence-corrected chi connectivity index (χ1v) is 6.16. The Kier molecular flexibility index (Phi) is 4.41. The first-order chi connectivity index (χ1) is 9.61. The van der Waals surface area contributed by atoms with E-state index in [2.05, 4.69) is 0 Å². The predicted molar refractivity (Wildman–Crippen MR) is 76.6 cm³/mol. The zero-order chi connectivity index (χ0) is 14.5. The predicted octanol–water partition coefficient (Wildman–Crippen LogP) is 5.62. The van der Waals surface area contributed by atoms with Gasteiger partial charge in [0.2, 0.25) is 0 Å². The fraction of sp³-hybridized carbons (Fsp3) is 0.0588. The van der Waals surface area contributed by atoms with Gasteiger partial charge in [-0.25, -0.2) is 13.2 Å². The summed E-state index contributed by atoms with van der Waals surface area (Å²) in [6, 6.07) is 11.0. The van der Waals surface area contributed by atoms with Crippen LogP contribution in [0.15, 0.2) is 54.6 Å². The molecule has 0 N–H and O–H groups in total. The zero-order valence-corrected chi connectivity index (χ0v) is 10.9. The molecule has 3 heteroatoms. The monoisotopic (exact) mass is 274 g/mol. The molecule has 0 aromatic heterocycles. The Labute approximate surface area is 115 Å². The van der Waals surface area contributed by atoms with E-state index in [9.17, 15) is 13.2 Å². The van der Waals surface area contributed by atoms with Crippen LogP contribution in [0, 0.1) is 5.82 Å².